The predicted octanol–water partition coefficient (Wildman–Crippen LogP) is 6.12. The van der Waals surface area contributed by atoms with Gasteiger partial charge >= 0.3 is 5.97 Å². The number of imide groups is 1. The molecule has 1 fully saturated rings. The van der Waals surface area contributed by atoms with E-state index < -0.39 is 40.7 Å². The van der Waals surface area contributed by atoms with Gasteiger partial charge in [0.05, 0.1) is 22.1 Å². The van der Waals surface area contributed by atoms with Gasteiger partial charge in [-0.2, -0.15) is 0 Å². The van der Waals surface area contributed by atoms with Gasteiger partial charge in [0.2, 0.25) is 11.8 Å². The highest BCUT2D eigenvalue weighted by atomic mass is 79.9. The third kappa shape index (κ3) is 7.54. The van der Waals surface area contributed by atoms with Crippen LogP contribution in [0.2, 0.25) is 0 Å². The molecular weight excluding hydrogens is 665 g/mol. The Hall–Kier alpha value is -5.07. The van der Waals surface area contributed by atoms with Gasteiger partial charge in [0.15, 0.2) is 0 Å². The Morgan fingerprint density at radius 3 is 2.33 bits per heavy atom. The zero-order valence-corrected chi connectivity index (χ0v) is 25.6. The van der Waals surface area contributed by atoms with E-state index in [1.165, 1.54) is 48.5 Å². The Kier molecular flexibility index (Phi) is 9.55. The fourth-order valence-electron chi connectivity index (χ4n) is 4.45. The van der Waals surface area contributed by atoms with E-state index in [0.717, 1.165) is 27.2 Å². The van der Waals surface area contributed by atoms with Crippen molar-refractivity contribution in [2.45, 2.75) is 16.6 Å². The van der Waals surface area contributed by atoms with Crippen LogP contribution in [0, 0.1) is 5.82 Å². The molecule has 3 N–H and O–H groups in total. The largest absolute Gasteiger partial charge is 0.478 e. The first-order valence-corrected chi connectivity index (χ1v) is 15.1. The van der Waals surface area contributed by atoms with Crippen LogP contribution in [0.15, 0.2) is 112 Å². The van der Waals surface area contributed by atoms with E-state index in [1.807, 2.05) is 0 Å². The predicted molar refractivity (Wildman–Crippen MR) is 171 cm³/mol. The fourth-order valence-corrected chi connectivity index (χ4v) is 5.83. The number of halogens is 2. The van der Waals surface area contributed by atoms with Gasteiger partial charge in [-0.1, -0.05) is 46.3 Å². The molecule has 9 nitrogen and oxygen atoms in total. The van der Waals surface area contributed by atoms with Crippen LogP contribution in [0.3, 0.4) is 0 Å². The Morgan fingerprint density at radius 1 is 0.933 bits per heavy atom. The second-order valence-electron chi connectivity index (χ2n) is 9.76. The summed E-state index contributed by atoms with van der Waals surface area (Å²) in [5.74, 6) is -4.20. The Bertz CT molecular complexity index is 1850. The molecule has 1 atom stereocenters. The quantitative estimate of drug-likeness (QED) is 0.143. The number of amides is 4. The van der Waals surface area contributed by atoms with E-state index >= 15 is 0 Å². The minimum Gasteiger partial charge on any atom is -0.478 e. The van der Waals surface area contributed by atoms with Crippen molar-refractivity contribution in [3.8, 4) is 0 Å². The zero-order chi connectivity index (χ0) is 32.1. The van der Waals surface area contributed by atoms with E-state index in [4.69, 9.17) is 5.11 Å². The van der Waals surface area contributed by atoms with Crippen molar-refractivity contribution in [3.63, 3.8) is 0 Å². The number of hydrogen-bond acceptors (Lipinski definition) is 6. The first-order valence-electron chi connectivity index (χ1n) is 13.4. The highest BCUT2D eigenvalue weighted by Crippen LogP contribution is 2.35. The van der Waals surface area contributed by atoms with E-state index in [0.29, 0.717) is 16.1 Å². The van der Waals surface area contributed by atoms with Crippen molar-refractivity contribution in [1.82, 2.24) is 5.32 Å². The average molecular weight is 689 g/mol. The molecule has 1 aliphatic heterocycles. The number of nitrogens with one attached hydrogen (secondary N) is 2. The number of aromatic carboxylic acids is 1. The van der Waals surface area contributed by atoms with Gasteiger partial charge in [-0.15, -0.1) is 11.8 Å². The fraction of sp³-hybridized carbons (Fsp3) is 0.0606. The number of hydrogen-bond donors (Lipinski definition) is 3. The molecule has 1 heterocycles. The zero-order valence-electron chi connectivity index (χ0n) is 23.2. The maximum absolute atomic E-state index is 14.3. The van der Waals surface area contributed by atoms with Crippen molar-refractivity contribution in [3.05, 3.63) is 130 Å². The van der Waals surface area contributed by atoms with Crippen LogP contribution in [0.5, 0.6) is 0 Å². The molecule has 12 heteroatoms. The van der Waals surface area contributed by atoms with Crippen molar-refractivity contribution in [2.24, 2.45) is 0 Å². The van der Waals surface area contributed by atoms with E-state index in [9.17, 15) is 28.4 Å². The smallest absolute Gasteiger partial charge is 0.335 e. The number of carboxylic acid groups (broad SMARTS) is 1. The summed E-state index contributed by atoms with van der Waals surface area (Å²) in [5, 5.41) is 13.6. The SMILES string of the molecule is O=C(Nc1cccc(S[C@@H]2CC(=O)N(c3ccc(C(=O)O)cc3)C2=O)c1)/C(=C/c1ccc(Br)cc1)NC(=O)c1ccccc1F. The lowest BCUT2D eigenvalue weighted by atomic mass is 10.1. The second kappa shape index (κ2) is 13.7. The number of nitrogens with zero attached hydrogens (tertiary/aromatic N) is 1. The van der Waals surface area contributed by atoms with Gasteiger partial charge in [-0.05, 0) is 78.4 Å². The van der Waals surface area contributed by atoms with Crippen LogP contribution in [0.1, 0.15) is 32.7 Å². The number of benzene rings is 4. The molecule has 4 amide bonds. The van der Waals surface area contributed by atoms with Crippen molar-refractivity contribution < 1.29 is 33.5 Å². The minimum atomic E-state index is -1.12. The van der Waals surface area contributed by atoms with Crippen LogP contribution in [0.25, 0.3) is 6.08 Å². The first-order chi connectivity index (χ1) is 21.6. The molecule has 0 saturated carbocycles. The molecule has 1 aliphatic rings. The van der Waals surface area contributed by atoms with Crippen LogP contribution in [0.4, 0.5) is 15.8 Å². The van der Waals surface area contributed by atoms with Gasteiger partial charge in [0, 0.05) is 21.5 Å². The summed E-state index contributed by atoms with van der Waals surface area (Å²) in [6.45, 7) is 0. The molecule has 45 heavy (non-hydrogen) atoms. The lowest BCUT2D eigenvalue weighted by Crippen LogP contribution is -2.31. The lowest BCUT2D eigenvalue weighted by Gasteiger charge is -2.15. The normalized spacial score (nSPS) is 14.8. The van der Waals surface area contributed by atoms with Crippen LogP contribution in [-0.4, -0.2) is 40.0 Å². The molecule has 0 radical (unpaired) electrons. The van der Waals surface area contributed by atoms with Crippen LogP contribution < -0.4 is 15.5 Å². The molecule has 1 saturated heterocycles. The van der Waals surface area contributed by atoms with E-state index in [1.54, 1.807) is 48.5 Å². The Labute approximate surface area is 269 Å². The number of anilines is 2. The number of carboxylic acids is 1. The Balaban J connectivity index is 1.32. The third-order valence-corrected chi connectivity index (χ3v) is 8.35. The molecule has 0 aliphatic carbocycles. The average Bonchev–Trinajstić information content (AvgIpc) is 3.29. The van der Waals surface area contributed by atoms with Crippen LogP contribution in [-0.2, 0) is 14.4 Å². The molecule has 5 rings (SSSR count). The van der Waals surface area contributed by atoms with Crippen LogP contribution >= 0.6 is 27.7 Å². The summed E-state index contributed by atoms with van der Waals surface area (Å²) >= 11 is 4.50. The van der Waals surface area contributed by atoms with Crippen molar-refractivity contribution >= 4 is 74.7 Å². The monoisotopic (exact) mass is 687 g/mol. The topological polar surface area (TPSA) is 133 Å². The Morgan fingerprint density at radius 2 is 1.64 bits per heavy atom. The van der Waals surface area contributed by atoms with Gasteiger partial charge in [0.1, 0.15) is 11.5 Å². The lowest BCUT2D eigenvalue weighted by molar-refractivity contribution is -0.121. The van der Waals surface area contributed by atoms with Gasteiger partial charge < -0.3 is 15.7 Å². The van der Waals surface area contributed by atoms with Crippen molar-refractivity contribution in [1.29, 1.82) is 0 Å². The molecule has 0 unspecified atom stereocenters. The highest BCUT2D eigenvalue weighted by Gasteiger charge is 2.40. The number of rotatable bonds is 9. The first kappa shape index (κ1) is 31.4. The summed E-state index contributed by atoms with van der Waals surface area (Å²) in [5.41, 5.74) is 0.904. The second-order valence-corrected chi connectivity index (χ2v) is 11.9. The van der Waals surface area contributed by atoms with E-state index in [2.05, 4.69) is 26.6 Å². The summed E-state index contributed by atoms with van der Waals surface area (Å²) in [7, 11) is 0. The number of carbonyl (C=O) groups is 5. The molecular formula is C33H23BrFN3O6S. The maximum Gasteiger partial charge on any atom is 0.335 e. The van der Waals surface area contributed by atoms with Gasteiger partial charge in [0.25, 0.3) is 11.8 Å². The molecule has 226 valence electrons. The van der Waals surface area contributed by atoms with Gasteiger partial charge in [-0.25, -0.2) is 14.1 Å². The van der Waals surface area contributed by atoms with Gasteiger partial charge in [-0.3, -0.25) is 19.2 Å². The van der Waals surface area contributed by atoms with E-state index in [-0.39, 0.29) is 28.9 Å². The van der Waals surface area contributed by atoms with Crippen molar-refractivity contribution in [2.75, 3.05) is 10.2 Å². The summed E-state index contributed by atoms with van der Waals surface area (Å²) < 4.78 is 15.1. The number of thioether (sulfide) groups is 1. The highest BCUT2D eigenvalue weighted by molar-refractivity contribution is 9.10. The molecule has 0 bridgehead atoms. The third-order valence-electron chi connectivity index (χ3n) is 6.64. The summed E-state index contributed by atoms with van der Waals surface area (Å²) in [6.07, 6.45) is 1.39. The molecule has 0 aromatic heterocycles. The standard InChI is InChI=1S/C33H23BrFN3O6S/c34-21-12-8-19(9-13-21)16-27(37-30(40)25-6-1-2-7-26(25)35)31(41)36-22-4-3-5-24(17-22)45-28-18-29(39)38(32(28)42)23-14-10-20(11-15-23)33(43)44/h1-17,28H,18H2,(H,36,41)(H,37,40)(H,43,44)/b27-16-/t28-/m1/s1. The minimum absolute atomic E-state index is 0.0317. The maximum atomic E-state index is 14.3. The summed E-state index contributed by atoms with van der Waals surface area (Å²) in [4.78, 5) is 64.9. The molecule has 4 aromatic rings. The molecule has 0 spiro atoms. The number of carbonyl (C=O) groups excluding carboxylic acids is 4. The summed E-state index contributed by atoms with van der Waals surface area (Å²) in [6, 6.07) is 24.5. The molecule has 4 aromatic carbocycles.